The fraction of sp³-hybridized carbons (Fsp3) is 0.635. The van der Waals surface area contributed by atoms with Crippen molar-refractivity contribution in [3.05, 3.63) is 69.8 Å². The largest absolute Gasteiger partial charge is 0.467 e. The van der Waals surface area contributed by atoms with Crippen LogP contribution < -0.4 is 15.4 Å². The van der Waals surface area contributed by atoms with E-state index >= 15 is 0 Å². The molecular weight excluding hydrogens is 1160 g/mol. The van der Waals surface area contributed by atoms with Crippen LogP contribution in [0.2, 0.25) is 0 Å². The van der Waals surface area contributed by atoms with Crippen molar-refractivity contribution in [2.75, 3.05) is 42.0 Å². The molecule has 0 bridgehead atoms. The smallest absolute Gasteiger partial charge is 0.410 e. The highest BCUT2D eigenvalue weighted by Gasteiger charge is 2.56. The number of nitro groups is 1. The third kappa shape index (κ3) is 19.6. The Kier molecular flexibility index (Phi) is 28.3. The van der Waals surface area contributed by atoms with E-state index in [0.29, 0.717) is 32.2 Å². The molecule has 5 amide bonds. The monoisotopic (exact) mass is 1250 g/mol. The molecule has 2 saturated heterocycles. The second-order valence-electron chi connectivity index (χ2n) is 23.3. The molecule has 2 fully saturated rings. The van der Waals surface area contributed by atoms with Crippen molar-refractivity contribution in [3.63, 3.8) is 0 Å². The SMILES string of the molecule is C#CCC(OC(=O)N(C)[C@H](C(=O)N[C@H](C(=O)N(C)[C@@H]([C@@H](C)CC)[C@@H](CC(=O)N1CCC[C@H]1[C@H](OC)[C@@H](C)C(=O)N[C@H](C)Cc1ccccc1)OC)C(C)C)C(C)C)c1ccc(O[C@@H]2O[C@H](C(=O)OC)[C@@H](OC(C)=O)[C@H](OC(C)=O)[C@H]2OC(C)=O)c([N+](=O)[O-])c1. The highest BCUT2D eigenvalue weighted by atomic mass is 16.7. The molecule has 2 aromatic rings. The predicted octanol–water partition coefficient (Wildman–Crippen LogP) is 5.63. The van der Waals surface area contributed by atoms with Gasteiger partial charge in [0.1, 0.15) is 18.2 Å². The second-order valence-corrected chi connectivity index (χ2v) is 23.3. The van der Waals surface area contributed by atoms with E-state index in [1.807, 2.05) is 51.1 Å². The number of terminal acetylenes is 1. The Hall–Kier alpha value is -7.89. The van der Waals surface area contributed by atoms with Crippen molar-refractivity contribution >= 4 is 59.3 Å². The van der Waals surface area contributed by atoms with E-state index in [1.165, 1.54) is 32.2 Å². The zero-order valence-electron chi connectivity index (χ0n) is 53.9. The molecule has 0 aliphatic carbocycles. The van der Waals surface area contributed by atoms with Gasteiger partial charge < -0.3 is 63.1 Å². The van der Waals surface area contributed by atoms with E-state index in [-0.39, 0.29) is 42.2 Å². The Morgan fingerprint density at radius 3 is 1.97 bits per heavy atom. The molecule has 2 heterocycles. The van der Waals surface area contributed by atoms with E-state index in [0.717, 1.165) is 50.5 Å². The molecule has 4 rings (SSSR count). The van der Waals surface area contributed by atoms with E-state index < -0.39 is 149 Å². The van der Waals surface area contributed by atoms with Crippen molar-refractivity contribution in [3.8, 4) is 18.1 Å². The molecule has 89 heavy (non-hydrogen) atoms. The number of carbonyl (C=O) groups is 9. The highest BCUT2D eigenvalue weighted by molar-refractivity contribution is 5.92. The molecule has 2 aromatic carbocycles. The topological polar surface area (TPSA) is 314 Å². The fourth-order valence-electron chi connectivity index (χ4n) is 11.5. The van der Waals surface area contributed by atoms with Gasteiger partial charge in [0.05, 0.1) is 55.1 Å². The molecule has 2 aliphatic heterocycles. The van der Waals surface area contributed by atoms with Crippen molar-refractivity contribution in [2.45, 2.75) is 194 Å². The number of hydrogen-bond acceptors (Lipinski definition) is 20. The Morgan fingerprint density at radius 1 is 0.809 bits per heavy atom. The van der Waals surface area contributed by atoms with Gasteiger partial charge in [-0.05, 0) is 55.6 Å². The van der Waals surface area contributed by atoms with Crippen molar-refractivity contribution < 1.29 is 90.7 Å². The van der Waals surface area contributed by atoms with Gasteiger partial charge in [0.2, 0.25) is 36.0 Å². The normalized spacial score (nSPS) is 21.2. The number of carbonyl (C=O) groups excluding carboxylic acids is 9. The van der Waals surface area contributed by atoms with Crippen LogP contribution in [0, 0.1) is 46.1 Å². The molecule has 15 atom stereocenters. The van der Waals surface area contributed by atoms with Gasteiger partial charge in [-0.15, -0.1) is 12.3 Å². The zero-order chi connectivity index (χ0) is 66.7. The highest BCUT2D eigenvalue weighted by Crippen LogP contribution is 2.38. The number of hydrogen-bond donors (Lipinski definition) is 2. The summed E-state index contributed by atoms with van der Waals surface area (Å²) in [6, 6.07) is 9.52. The summed E-state index contributed by atoms with van der Waals surface area (Å²) in [4.78, 5) is 138. The van der Waals surface area contributed by atoms with Crippen molar-refractivity contribution in [1.82, 2.24) is 25.3 Å². The summed E-state index contributed by atoms with van der Waals surface area (Å²) >= 11 is 0. The molecule has 1 unspecified atom stereocenters. The van der Waals surface area contributed by atoms with E-state index in [9.17, 15) is 53.3 Å². The molecule has 0 radical (unpaired) electrons. The molecule has 26 heteroatoms. The first-order valence-electron chi connectivity index (χ1n) is 29.8. The maximum Gasteiger partial charge on any atom is 0.410 e. The van der Waals surface area contributed by atoms with Crippen molar-refractivity contribution in [1.29, 1.82) is 0 Å². The number of ether oxygens (including phenoxy) is 9. The number of rotatable bonds is 30. The van der Waals surface area contributed by atoms with Gasteiger partial charge in [0.15, 0.2) is 24.1 Å². The van der Waals surface area contributed by atoms with Gasteiger partial charge in [-0.1, -0.05) is 91.3 Å². The van der Waals surface area contributed by atoms with Crippen molar-refractivity contribution in [2.24, 2.45) is 23.7 Å². The minimum atomic E-state index is -1.96. The van der Waals surface area contributed by atoms with E-state index in [1.54, 1.807) is 46.6 Å². The average Bonchev–Trinajstić information content (AvgIpc) is 3.73. The first-order chi connectivity index (χ1) is 42.0. The van der Waals surface area contributed by atoms with E-state index in [4.69, 9.17) is 49.1 Å². The van der Waals surface area contributed by atoms with Crippen LogP contribution in [0.25, 0.3) is 0 Å². The van der Waals surface area contributed by atoms with Crippen LogP contribution >= 0.6 is 0 Å². The maximum atomic E-state index is 14.9. The lowest BCUT2D eigenvalue weighted by atomic mass is 9.89. The lowest BCUT2D eigenvalue weighted by Gasteiger charge is -2.43. The van der Waals surface area contributed by atoms with Gasteiger partial charge in [-0.2, -0.15) is 0 Å². The predicted molar refractivity (Wildman–Crippen MR) is 321 cm³/mol. The molecule has 2 aliphatic rings. The summed E-state index contributed by atoms with van der Waals surface area (Å²) in [7, 11) is 6.90. The lowest BCUT2D eigenvalue weighted by Crippen LogP contribution is -2.64. The third-order valence-corrected chi connectivity index (χ3v) is 16.0. The average molecular weight is 1250 g/mol. The quantitative estimate of drug-likeness (QED) is 0.0314. The summed E-state index contributed by atoms with van der Waals surface area (Å²) < 4.78 is 50.5. The van der Waals surface area contributed by atoms with Crippen LogP contribution in [0.4, 0.5) is 10.5 Å². The number of nitrogens with one attached hydrogen (secondary N) is 2. The fourth-order valence-corrected chi connectivity index (χ4v) is 11.5. The molecule has 0 spiro atoms. The molecule has 0 saturated carbocycles. The second kappa shape index (κ2) is 34.2. The van der Waals surface area contributed by atoms with Crippen LogP contribution in [0.5, 0.6) is 5.75 Å². The van der Waals surface area contributed by atoms with Gasteiger partial charge in [0.25, 0.3) is 0 Å². The van der Waals surface area contributed by atoms with Crippen LogP contribution in [-0.4, -0.2) is 188 Å². The number of benzene rings is 2. The Bertz CT molecular complexity index is 2830. The Balaban J connectivity index is 1.55. The van der Waals surface area contributed by atoms with Crippen LogP contribution in [0.15, 0.2) is 48.5 Å². The molecule has 492 valence electrons. The van der Waals surface area contributed by atoms with Gasteiger partial charge in [0, 0.05) is 73.3 Å². The number of likely N-dealkylation sites (tertiary alicyclic amines) is 1. The summed E-state index contributed by atoms with van der Waals surface area (Å²) in [6.07, 6.45) is -5.21. The Labute approximate surface area is 521 Å². The molecule has 0 aromatic heterocycles. The first-order valence-corrected chi connectivity index (χ1v) is 29.8. The van der Waals surface area contributed by atoms with Gasteiger partial charge in [-0.25, -0.2) is 9.59 Å². The van der Waals surface area contributed by atoms with Crippen LogP contribution in [-0.2, 0) is 82.7 Å². The first kappa shape index (κ1) is 73.6. The maximum absolute atomic E-state index is 14.9. The number of esters is 4. The number of nitro benzene ring substituents is 1. The van der Waals surface area contributed by atoms with Gasteiger partial charge in [-0.3, -0.25) is 48.6 Å². The Morgan fingerprint density at radius 2 is 1.43 bits per heavy atom. The summed E-state index contributed by atoms with van der Waals surface area (Å²) in [5.41, 5.74) is 0.292. The number of methoxy groups -OCH3 is 3. The summed E-state index contributed by atoms with van der Waals surface area (Å²) in [5, 5.41) is 18.7. The summed E-state index contributed by atoms with van der Waals surface area (Å²) in [5.74, 6) is -5.75. The number of amides is 5. The van der Waals surface area contributed by atoms with E-state index in [2.05, 4.69) is 16.6 Å². The summed E-state index contributed by atoms with van der Waals surface area (Å²) in [6.45, 7) is 17.9. The minimum absolute atomic E-state index is 0.0190. The molecule has 2 N–H and O–H groups in total. The molecular formula is C63H90N6O20. The minimum Gasteiger partial charge on any atom is -0.467 e. The van der Waals surface area contributed by atoms with Crippen LogP contribution in [0.1, 0.15) is 125 Å². The third-order valence-electron chi connectivity index (χ3n) is 16.0. The standard InChI is InChI=1S/C63H90N6O20/c1-18-24-46(43-28-29-47(45(32-43)69(79)80)87-62-57(86-41(12)72)55(85-40(11)71)54(84-39(10)70)56(89-62)61(77)83-17)88-63(78)67(14)51(35(5)6)59(75)65-50(34(3)4)60(76)66(13)52(36(7)19-2)48(81-15)33-49(73)68-30-23-27-44(68)53(82-16)38(9)58(74)64-37(8)31-42-25-21-20-22-26-42/h1,20-22,25-26,28-29,32,34-38,44,46,48,50-57,62H,19,23-24,27,30-31,33H2,2-17H3,(H,64,74)(H,65,75)/t36-,37+,38+,44-,46?,48+,50-,51-,52-,53+,54-,55-,56-,57+,62+/m0/s1. The number of likely N-dealkylation sites (N-methyl/N-ethyl adjacent to an activating group) is 2. The van der Waals surface area contributed by atoms with Gasteiger partial charge >= 0.3 is 35.7 Å². The molecule has 26 nitrogen and oxygen atoms in total. The lowest BCUT2D eigenvalue weighted by molar-refractivity contribution is -0.387. The zero-order valence-corrected chi connectivity index (χ0v) is 53.9. The van der Waals surface area contributed by atoms with Crippen LogP contribution in [0.3, 0.4) is 0 Å². The number of nitrogens with zero attached hydrogens (tertiary/aromatic N) is 4.